The largest absolute Gasteiger partial charge is 0.494 e. The van der Waals surface area contributed by atoms with Crippen molar-refractivity contribution in [2.24, 2.45) is 23.7 Å². The maximum Gasteiger partial charge on any atom is 0.186 e. The molecule has 0 amide bonds. The molecule has 0 aromatic carbocycles. The zero-order valence-electron chi connectivity index (χ0n) is 31.8. The zero-order valence-corrected chi connectivity index (χ0v) is 36.6. The lowest BCUT2D eigenvalue weighted by Crippen LogP contribution is -2.34. The Hall–Kier alpha value is 0.110. The second kappa shape index (κ2) is 25.1. The van der Waals surface area contributed by atoms with Gasteiger partial charge in [-0.1, -0.05) is 148 Å². The van der Waals surface area contributed by atoms with Crippen molar-refractivity contribution in [3.05, 3.63) is 19.8 Å². The molecule has 1 aliphatic rings. The summed E-state index contributed by atoms with van der Waals surface area (Å²) < 4.78 is 27.7. The van der Waals surface area contributed by atoms with E-state index in [9.17, 15) is 0 Å². The third-order valence-electron chi connectivity index (χ3n) is 10.1. The molecule has 0 saturated carbocycles. The van der Waals surface area contributed by atoms with Crippen molar-refractivity contribution >= 4 is 55.0 Å². The van der Waals surface area contributed by atoms with E-state index in [0.29, 0.717) is 36.9 Å². The van der Waals surface area contributed by atoms with E-state index in [1.54, 1.807) is 23.1 Å². The molecule has 2 heterocycles. The van der Waals surface area contributed by atoms with Crippen LogP contribution in [0.2, 0.25) is 0 Å². The topological polar surface area (TPSA) is 36.9 Å². The zero-order chi connectivity index (χ0) is 35.4. The van der Waals surface area contributed by atoms with Gasteiger partial charge in [0.15, 0.2) is 11.5 Å². The molecule has 1 aliphatic heterocycles. The van der Waals surface area contributed by atoms with Crippen molar-refractivity contribution in [2.45, 2.75) is 168 Å². The smallest absolute Gasteiger partial charge is 0.186 e. The number of rotatable bonds is 29. The normalized spacial score (nSPS) is 20.4. The van der Waals surface area contributed by atoms with E-state index >= 15 is 0 Å². The van der Waals surface area contributed by atoms with Crippen LogP contribution in [0.25, 0.3) is 0 Å². The molecule has 0 N–H and O–H groups in total. The minimum atomic E-state index is -0.571. The third-order valence-corrected chi connectivity index (χ3v) is 14.9. The molecule has 8 heteroatoms. The molecule has 280 valence electrons. The average Bonchev–Trinajstić information content (AvgIpc) is 3.60. The van der Waals surface area contributed by atoms with Gasteiger partial charge in [-0.3, -0.25) is 0 Å². The van der Waals surface area contributed by atoms with Crippen LogP contribution in [0.4, 0.5) is 0 Å². The summed E-state index contributed by atoms with van der Waals surface area (Å²) in [6.07, 6.45) is 18.8. The summed E-state index contributed by atoms with van der Waals surface area (Å²) in [5.74, 6) is 4.79. The van der Waals surface area contributed by atoms with Crippen LogP contribution in [0.15, 0.2) is 15.0 Å². The third kappa shape index (κ3) is 13.9. The van der Waals surface area contributed by atoms with E-state index in [1.807, 2.05) is 0 Å². The summed E-state index contributed by atoms with van der Waals surface area (Å²) in [7, 11) is 0. The van der Waals surface area contributed by atoms with Gasteiger partial charge in [-0.2, -0.15) is 0 Å². The molecule has 1 aromatic rings. The van der Waals surface area contributed by atoms with Gasteiger partial charge in [0.1, 0.15) is 19.3 Å². The van der Waals surface area contributed by atoms with E-state index in [-0.39, 0.29) is 6.10 Å². The van der Waals surface area contributed by atoms with Crippen LogP contribution in [0.3, 0.4) is 0 Å². The first-order valence-corrected chi connectivity index (χ1v) is 22.9. The quantitative estimate of drug-likeness (QED) is 0.0751. The van der Waals surface area contributed by atoms with E-state index in [2.05, 4.69) is 92.7 Å². The summed E-state index contributed by atoms with van der Waals surface area (Å²) >= 11 is 11.7. The number of ether oxygens (including phenoxy) is 4. The number of hydrogen-bond acceptors (Lipinski definition) is 6. The highest BCUT2D eigenvalue weighted by atomic mass is 79.9. The highest BCUT2D eigenvalue weighted by Crippen LogP contribution is 2.62. The number of hydrogen-bond donors (Lipinski definition) is 0. The molecule has 0 fully saturated rings. The molecule has 4 nitrogen and oxygen atoms in total. The lowest BCUT2D eigenvalue weighted by atomic mass is 10.00. The van der Waals surface area contributed by atoms with Crippen molar-refractivity contribution in [3.8, 4) is 11.5 Å². The Morgan fingerprint density at radius 1 is 0.625 bits per heavy atom. The monoisotopic (exact) mass is 836 g/mol. The lowest BCUT2D eigenvalue weighted by molar-refractivity contribution is 0.000579. The predicted molar refractivity (Wildman–Crippen MR) is 218 cm³/mol. The Bertz CT molecular complexity index is 1020. The fourth-order valence-corrected chi connectivity index (χ4v) is 10.2. The summed E-state index contributed by atoms with van der Waals surface area (Å²) in [4.78, 5) is 1.11. The second-order valence-corrected chi connectivity index (χ2v) is 19.2. The Balaban J connectivity index is 2.50. The molecule has 48 heavy (non-hydrogen) atoms. The molecule has 0 bridgehead atoms. The SMILES string of the molecule is CCCCC(CC)COC1=CSC(Br)(c2sc(Br)c(OCC(CC)CCCC)c2OCC(CC)CCCC)C1OCC(CC)CCCC. The first kappa shape index (κ1) is 44.3. The molecule has 6 unspecified atom stereocenters. The number of unbranched alkanes of at least 4 members (excludes halogenated alkanes) is 4. The second-order valence-electron chi connectivity index (χ2n) is 14.0. The van der Waals surface area contributed by atoms with Crippen molar-refractivity contribution < 1.29 is 18.9 Å². The molecule has 0 radical (unpaired) electrons. The summed E-state index contributed by atoms with van der Waals surface area (Å²) in [5, 5.41) is 2.20. The predicted octanol–water partition coefficient (Wildman–Crippen LogP) is 14.7. The van der Waals surface area contributed by atoms with Crippen LogP contribution in [0, 0.1) is 23.7 Å². The molecule has 2 rings (SSSR count). The maximum atomic E-state index is 6.98. The van der Waals surface area contributed by atoms with Crippen molar-refractivity contribution in [3.63, 3.8) is 0 Å². The van der Waals surface area contributed by atoms with Crippen LogP contribution in [-0.2, 0) is 13.1 Å². The van der Waals surface area contributed by atoms with E-state index in [1.165, 1.54) is 77.0 Å². The van der Waals surface area contributed by atoms with Gasteiger partial charge >= 0.3 is 0 Å². The fourth-order valence-electron chi connectivity index (χ4n) is 6.22. The number of thioether (sulfide) groups is 1. The van der Waals surface area contributed by atoms with Crippen molar-refractivity contribution in [2.75, 3.05) is 26.4 Å². The first-order valence-electron chi connectivity index (χ1n) is 19.7. The minimum absolute atomic E-state index is 0.266. The molecule has 1 aromatic heterocycles. The van der Waals surface area contributed by atoms with Crippen LogP contribution in [-0.4, -0.2) is 32.5 Å². The number of alkyl halides is 1. The summed E-state index contributed by atoms with van der Waals surface area (Å²) in [6.45, 7) is 21.1. The molecule has 6 atom stereocenters. The number of thiophene rings is 1. The summed E-state index contributed by atoms with van der Waals surface area (Å²) in [6, 6.07) is 0. The fraction of sp³-hybridized carbons (Fsp3) is 0.850. The van der Waals surface area contributed by atoms with Crippen LogP contribution >= 0.6 is 55.0 Å². The molecule has 0 aliphatic carbocycles. The Labute approximate surface area is 321 Å². The van der Waals surface area contributed by atoms with Gasteiger partial charge < -0.3 is 18.9 Å². The Morgan fingerprint density at radius 3 is 1.48 bits per heavy atom. The van der Waals surface area contributed by atoms with Gasteiger partial charge in [0.05, 0.1) is 31.3 Å². The molecular formula is C40H70Br2O4S2. The standard InChI is InChI=1S/C40H70Br2O4S2/c1-9-17-21-30(13-5)25-43-34-29-47-40(42,37(34)46-28-33(16-8)24-20-12-4)38-35(44-26-31(14-6)22-18-10-2)36(39(41)48-38)45-27-32(15-7)23-19-11-3/h29-33,37H,9-28H2,1-8H3. The van der Waals surface area contributed by atoms with Crippen molar-refractivity contribution in [1.82, 2.24) is 0 Å². The maximum absolute atomic E-state index is 6.98. The van der Waals surface area contributed by atoms with E-state index in [0.717, 1.165) is 64.8 Å². The van der Waals surface area contributed by atoms with Gasteiger partial charge in [-0.25, -0.2) is 0 Å². The first-order chi connectivity index (χ1) is 23.3. The highest BCUT2D eigenvalue weighted by molar-refractivity contribution is 9.11. The van der Waals surface area contributed by atoms with Gasteiger partial charge in [0.25, 0.3) is 0 Å². The lowest BCUT2D eigenvalue weighted by Gasteiger charge is -2.32. The highest BCUT2D eigenvalue weighted by Gasteiger charge is 2.51. The van der Waals surface area contributed by atoms with E-state index < -0.39 is 3.66 Å². The van der Waals surface area contributed by atoms with Gasteiger partial charge in [-0.15, -0.1) is 23.1 Å². The van der Waals surface area contributed by atoms with E-state index in [4.69, 9.17) is 18.9 Å². The van der Waals surface area contributed by atoms with Gasteiger partial charge in [-0.05, 0) is 65.3 Å². The Morgan fingerprint density at radius 2 is 1.04 bits per heavy atom. The van der Waals surface area contributed by atoms with Crippen molar-refractivity contribution in [1.29, 1.82) is 0 Å². The van der Waals surface area contributed by atoms with Crippen LogP contribution in [0.1, 0.15) is 163 Å². The summed E-state index contributed by atoms with van der Waals surface area (Å²) in [5.41, 5.74) is 0. The molecular weight excluding hydrogens is 768 g/mol. The molecule has 0 saturated heterocycles. The number of halogens is 2. The Kier molecular flexibility index (Phi) is 23.2. The molecule has 0 spiro atoms. The van der Waals surface area contributed by atoms with Crippen LogP contribution in [0.5, 0.6) is 11.5 Å². The van der Waals surface area contributed by atoms with Crippen LogP contribution < -0.4 is 9.47 Å². The minimum Gasteiger partial charge on any atom is -0.494 e. The van der Waals surface area contributed by atoms with Gasteiger partial charge in [0, 0.05) is 5.41 Å². The van der Waals surface area contributed by atoms with Gasteiger partial charge in [0.2, 0.25) is 0 Å². The average molecular weight is 839 g/mol.